The topological polar surface area (TPSA) is 38.8 Å². The molecule has 0 N–H and O–H groups in total. The predicted molar refractivity (Wildman–Crippen MR) is 99.6 cm³/mol. The van der Waals surface area contributed by atoms with Crippen molar-refractivity contribution in [2.45, 2.75) is 24.6 Å². The number of ether oxygens (including phenoxy) is 2. The summed E-state index contributed by atoms with van der Waals surface area (Å²) in [4.78, 5) is 14.3. The third kappa shape index (κ3) is 3.17. The van der Waals surface area contributed by atoms with Crippen molar-refractivity contribution >= 4 is 6.29 Å². The highest BCUT2D eigenvalue weighted by Gasteiger charge is 2.48. The lowest BCUT2D eigenvalue weighted by molar-refractivity contribution is -0.157. The number of halogens is 1. The normalized spacial score (nSPS) is 26.7. The molecule has 0 saturated carbocycles. The van der Waals surface area contributed by atoms with Crippen LogP contribution < -0.4 is 0 Å². The van der Waals surface area contributed by atoms with Gasteiger partial charge in [0.15, 0.2) is 12.0 Å². The van der Waals surface area contributed by atoms with Gasteiger partial charge in [0, 0.05) is 13.0 Å². The van der Waals surface area contributed by atoms with Crippen LogP contribution in [0.25, 0.3) is 0 Å². The van der Waals surface area contributed by atoms with Gasteiger partial charge in [-0.05, 0) is 40.8 Å². The van der Waals surface area contributed by atoms with E-state index < -0.39 is 5.72 Å². The Morgan fingerprint density at radius 2 is 2.00 bits per heavy atom. The third-order valence-electron chi connectivity index (χ3n) is 5.41. The second-order valence-corrected chi connectivity index (χ2v) is 7.04. The summed E-state index contributed by atoms with van der Waals surface area (Å²) in [6.45, 7) is 1.04. The lowest BCUT2D eigenvalue weighted by Gasteiger charge is -2.45. The second-order valence-electron chi connectivity index (χ2n) is 7.04. The molecule has 0 radical (unpaired) electrons. The molecule has 140 valence electrons. The summed E-state index contributed by atoms with van der Waals surface area (Å²) < 4.78 is 24.6. The molecule has 2 atom stereocenters. The fourth-order valence-electron chi connectivity index (χ4n) is 4.19. The molecule has 27 heavy (non-hydrogen) atoms. The van der Waals surface area contributed by atoms with Crippen molar-refractivity contribution in [3.8, 4) is 0 Å². The summed E-state index contributed by atoms with van der Waals surface area (Å²) in [7, 11) is 1.59. The zero-order valence-corrected chi connectivity index (χ0v) is 15.2. The van der Waals surface area contributed by atoms with E-state index in [0.29, 0.717) is 19.6 Å². The Hall–Kier alpha value is -2.50. The van der Waals surface area contributed by atoms with Crippen LogP contribution in [0, 0.1) is 5.82 Å². The first kappa shape index (κ1) is 17.9. The van der Waals surface area contributed by atoms with Gasteiger partial charge in [-0.1, -0.05) is 36.4 Å². The Morgan fingerprint density at radius 3 is 2.74 bits per heavy atom. The van der Waals surface area contributed by atoms with Crippen molar-refractivity contribution in [2.75, 3.05) is 20.3 Å². The van der Waals surface area contributed by atoms with Gasteiger partial charge in [0.05, 0.1) is 26.0 Å². The summed E-state index contributed by atoms with van der Waals surface area (Å²) in [6.07, 6.45) is 3.84. The molecule has 0 amide bonds. The van der Waals surface area contributed by atoms with Gasteiger partial charge in [0.1, 0.15) is 5.82 Å². The number of rotatable bonds is 4. The minimum atomic E-state index is -1.04. The van der Waals surface area contributed by atoms with Crippen LogP contribution in [0.2, 0.25) is 0 Å². The molecule has 4 nitrogen and oxygen atoms in total. The summed E-state index contributed by atoms with van der Waals surface area (Å²) in [5.74, 6) is -0.276. The predicted octanol–water partition coefficient (Wildman–Crippen LogP) is 3.62. The molecule has 2 heterocycles. The standard InChI is InChI=1S/C22H22FNO3/c1-26-13-16-12-22(15-25,27-14-16)24-11-10-17-4-2-3-5-20(17)21(24)18-6-8-19(23)9-7-18/h2-9,13,15,21H,10-12,14H2,1H3/b16-13-/t21-,22-/m0/s1. The number of hydrogen-bond donors (Lipinski definition) is 0. The molecule has 0 spiro atoms. The number of aldehydes is 1. The number of hydrogen-bond acceptors (Lipinski definition) is 4. The molecular weight excluding hydrogens is 345 g/mol. The fraction of sp³-hybridized carbons (Fsp3) is 0.318. The van der Waals surface area contributed by atoms with Crippen molar-refractivity contribution in [2.24, 2.45) is 0 Å². The first-order valence-electron chi connectivity index (χ1n) is 9.08. The van der Waals surface area contributed by atoms with Gasteiger partial charge >= 0.3 is 0 Å². The van der Waals surface area contributed by atoms with Gasteiger partial charge in [-0.25, -0.2) is 4.39 Å². The van der Waals surface area contributed by atoms with Crippen LogP contribution in [0.1, 0.15) is 29.2 Å². The van der Waals surface area contributed by atoms with Gasteiger partial charge in [-0.3, -0.25) is 9.69 Å². The van der Waals surface area contributed by atoms with Crippen molar-refractivity contribution in [3.05, 3.63) is 82.9 Å². The van der Waals surface area contributed by atoms with Crippen LogP contribution in [0.4, 0.5) is 4.39 Å². The minimum absolute atomic E-state index is 0.178. The molecule has 0 aromatic heterocycles. The molecule has 4 rings (SSSR count). The zero-order chi connectivity index (χ0) is 18.9. The minimum Gasteiger partial charge on any atom is -0.504 e. The molecule has 1 fully saturated rings. The monoisotopic (exact) mass is 367 g/mol. The maximum Gasteiger partial charge on any atom is 0.183 e. The highest BCUT2D eigenvalue weighted by Crippen LogP contribution is 2.43. The first-order valence-corrected chi connectivity index (χ1v) is 9.08. The maximum absolute atomic E-state index is 13.5. The molecule has 2 aromatic carbocycles. The summed E-state index contributed by atoms with van der Waals surface area (Å²) >= 11 is 0. The van der Waals surface area contributed by atoms with Crippen molar-refractivity contribution in [1.82, 2.24) is 4.90 Å². The summed E-state index contributed by atoms with van der Waals surface area (Å²) in [6, 6.07) is 14.5. The van der Waals surface area contributed by atoms with Gasteiger partial charge in [-0.15, -0.1) is 0 Å². The average Bonchev–Trinajstić information content (AvgIpc) is 3.12. The first-order chi connectivity index (χ1) is 13.2. The van der Waals surface area contributed by atoms with Crippen LogP contribution in [-0.4, -0.2) is 37.2 Å². The Morgan fingerprint density at radius 1 is 1.22 bits per heavy atom. The molecule has 2 aromatic rings. The Balaban J connectivity index is 1.80. The Bertz CT molecular complexity index is 864. The molecule has 2 aliphatic heterocycles. The van der Waals surface area contributed by atoms with Crippen molar-refractivity contribution < 1.29 is 18.7 Å². The van der Waals surface area contributed by atoms with Crippen LogP contribution in [0.15, 0.2) is 60.4 Å². The Labute approximate surface area is 158 Å². The zero-order valence-electron chi connectivity index (χ0n) is 15.2. The van der Waals surface area contributed by atoms with E-state index in [1.54, 1.807) is 25.5 Å². The van der Waals surface area contributed by atoms with E-state index in [0.717, 1.165) is 29.4 Å². The number of nitrogens with zero attached hydrogens (tertiary/aromatic N) is 1. The molecule has 2 aliphatic rings. The molecule has 0 bridgehead atoms. The number of methoxy groups -OCH3 is 1. The van der Waals surface area contributed by atoms with E-state index in [9.17, 15) is 9.18 Å². The molecule has 5 heteroatoms. The average molecular weight is 367 g/mol. The SMILES string of the molecule is CO/C=C1\CO[C@@](C=O)(N2CCc3ccccc3[C@@H]2c2ccc(F)cc2)C1. The molecular formula is C22H22FNO3. The van der Waals surface area contributed by atoms with Gasteiger partial charge in [-0.2, -0.15) is 0 Å². The van der Waals surface area contributed by atoms with Crippen LogP contribution in [0.3, 0.4) is 0 Å². The quantitative estimate of drug-likeness (QED) is 0.611. The van der Waals surface area contributed by atoms with E-state index in [2.05, 4.69) is 17.0 Å². The number of carbonyl (C=O) groups excluding carboxylic acids is 1. The van der Waals surface area contributed by atoms with Crippen LogP contribution in [0.5, 0.6) is 0 Å². The lowest BCUT2D eigenvalue weighted by atomic mass is 9.86. The Kier molecular flexibility index (Phi) is 4.81. The van der Waals surface area contributed by atoms with Crippen molar-refractivity contribution in [3.63, 3.8) is 0 Å². The number of fused-ring (bicyclic) bond motifs is 1. The van der Waals surface area contributed by atoms with E-state index >= 15 is 0 Å². The van der Waals surface area contributed by atoms with Crippen LogP contribution in [-0.2, 0) is 20.7 Å². The maximum atomic E-state index is 13.5. The molecule has 1 saturated heterocycles. The fourth-order valence-corrected chi connectivity index (χ4v) is 4.19. The number of benzene rings is 2. The van der Waals surface area contributed by atoms with E-state index in [4.69, 9.17) is 9.47 Å². The van der Waals surface area contributed by atoms with Gasteiger partial charge in [0.2, 0.25) is 0 Å². The van der Waals surface area contributed by atoms with E-state index in [1.807, 2.05) is 12.1 Å². The van der Waals surface area contributed by atoms with Crippen molar-refractivity contribution in [1.29, 1.82) is 0 Å². The molecule has 0 aliphatic carbocycles. The third-order valence-corrected chi connectivity index (χ3v) is 5.41. The lowest BCUT2D eigenvalue weighted by Crippen LogP contribution is -2.54. The van der Waals surface area contributed by atoms with Crippen LogP contribution >= 0.6 is 0 Å². The summed E-state index contributed by atoms with van der Waals surface area (Å²) in [5, 5.41) is 0. The van der Waals surface area contributed by atoms with E-state index in [1.165, 1.54) is 17.7 Å². The smallest absolute Gasteiger partial charge is 0.183 e. The van der Waals surface area contributed by atoms with Gasteiger partial charge < -0.3 is 9.47 Å². The summed E-state index contributed by atoms with van der Waals surface area (Å²) in [5.41, 5.74) is 3.22. The highest BCUT2D eigenvalue weighted by atomic mass is 19.1. The number of carbonyl (C=O) groups is 1. The largest absolute Gasteiger partial charge is 0.504 e. The molecule has 0 unspecified atom stereocenters. The highest BCUT2D eigenvalue weighted by molar-refractivity contribution is 5.64. The van der Waals surface area contributed by atoms with Gasteiger partial charge in [0.25, 0.3) is 0 Å². The van der Waals surface area contributed by atoms with E-state index in [-0.39, 0.29) is 11.9 Å². The second kappa shape index (κ2) is 7.25.